The van der Waals surface area contributed by atoms with Crippen LogP contribution >= 0.6 is 12.2 Å². The third kappa shape index (κ3) is 1.91. The lowest BCUT2D eigenvalue weighted by atomic mass is 10.3. The molecule has 0 aliphatic rings. The van der Waals surface area contributed by atoms with Gasteiger partial charge in [0.25, 0.3) is 0 Å². The molecule has 0 saturated carbocycles. The number of pyridine rings is 1. The van der Waals surface area contributed by atoms with Crippen LogP contribution in [0.2, 0.25) is 0 Å². The monoisotopic (exact) mass is 257 g/mol. The van der Waals surface area contributed by atoms with Crippen molar-refractivity contribution in [2.24, 2.45) is 0 Å². The van der Waals surface area contributed by atoms with Gasteiger partial charge in [0.05, 0.1) is 17.8 Å². The van der Waals surface area contributed by atoms with E-state index in [1.54, 1.807) is 6.20 Å². The van der Waals surface area contributed by atoms with E-state index in [4.69, 9.17) is 12.2 Å². The van der Waals surface area contributed by atoms with Crippen molar-refractivity contribution in [2.45, 2.75) is 13.5 Å². The molecule has 18 heavy (non-hydrogen) atoms. The Morgan fingerprint density at radius 1 is 1.39 bits per heavy atom. The fraction of sp³-hybridized carbons (Fsp3) is 0.167. The molecule has 6 heteroatoms. The Balaban J connectivity index is 2.12. The van der Waals surface area contributed by atoms with Gasteiger partial charge >= 0.3 is 0 Å². The zero-order valence-corrected chi connectivity index (χ0v) is 10.6. The summed E-state index contributed by atoms with van der Waals surface area (Å²) in [7, 11) is 0. The zero-order valence-electron chi connectivity index (χ0n) is 9.79. The van der Waals surface area contributed by atoms with E-state index in [9.17, 15) is 0 Å². The molecular formula is C12H11N5S. The largest absolute Gasteiger partial charge is 0.329 e. The van der Waals surface area contributed by atoms with E-state index in [0.29, 0.717) is 11.3 Å². The third-order valence-electron chi connectivity index (χ3n) is 2.71. The van der Waals surface area contributed by atoms with E-state index in [1.807, 2.05) is 29.8 Å². The van der Waals surface area contributed by atoms with Gasteiger partial charge in [-0.05, 0) is 36.8 Å². The summed E-state index contributed by atoms with van der Waals surface area (Å²) >= 11 is 5.32. The average molecular weight is 257 g/mol. The van der Waals surface area contributed by atoms with Gasteiger partial charge in [-0.25, -0.2) is 15.0 Å². The second kappa shape index (κ2) is 4.30. The van der Waals surface area contributed by atoms with Crippen molar-refractivity contribution in [2.75, 3.05) is 0 Å². The molecule has 0 radical (unpaired) electrons. The van der Waals surface area contributed by atoms with Gasteiger partial charge in [-0.2, -0.15) is 0 Å². The lowest BCUT2D eigenvalue weighted by Crippen LogP contribution is -2.02. The quantitative estimate of drug-likeness (QED) is 0.715. The van der Waals surface area contributed by atoms with Crippen LogP contribution in [0.25, 0.3) is 11.2 Å². The molecule has 90 valence electrons. The molecule has 1 N–H and O–H groups in total. The lowest BCUT2D eigenvalue weighted by molar-refractivity contribution is 0.772. The standard InChI is InChI=1S/C12H11N5S/c1-8-4-10-11(14-5-8)17(12(18)16-10)6-9-2-3-13-7-15-9/h2-5,7H,6H2,1H3,(H,16,18). The molecule has 0 amide bonds. The van der Waals surface area contributed by atoms with Crippen LogP contribution in [0.15, 0.2) is 30.9 Å². The summed E-state index contributed by atoms with van der Waals surface area (Å²) in [5.74, 6) is 0. The summed E-state index contributed by atoms with van der Waals surface area (Å²) in [5, 5.41) is 0. The maximum Gasteiger partial charge on any atom is 0.179 e. The van der Waals surface area contributed by atoms with Crippen LogP contribution in [0.1, 0.15) is 11.3 Å². The Labute approximate surface area is 109 Å². The van der Waals surface area contributed by atoms with E-state index in [-0.39, 0.29) is 0 Å². The predicted octanol–water partition coefficient (Wildman–Crippen LogP) is 2.24. The first-order valence-corrected chi connectivity index (χ1v) is 5.95. The maximum atomic E-state index is 5.32. The molecule has 0 saturated heterocycles. The summed E-state index contributed by atoms with van der Waals surface area (Å²) < 4.78 is 2.59. The molecule has 5 nitrogen and oxygen atoms in total. The highest BCUT2D eigenvalue weighted by atomic mass is 32.1. The normalized spacial score (nSPS) is 10.9. The number of hydrogen-bond donors (Lipinski definition) is 1. The molecule has 0 aliphatic heterocycles. The highest BCUT2D eigenvalue weighted by Gasteiger charge is 2.06. The predicted molar refractivity (Wildman–Crippen MR) is 70.8 cm³/mol. The Kier molecular flexibility index (Phi) is 2.64. The zero-order chi connectivity index (χ0) is 12.5. The van der Waals surface area contributed by atoms with Crippen molar-refractivity contribution in [1.82, 2.24) is 24.5 Å². The van der Waals surface area contributed by atoms with Gasteiger partial charge in [-0.3, -0.25) is 4.57 Å². The van der Waals surface area contributed by atoms with Gasteiger partial charge in [0.1, 0.15) is 6.33 Å². The first kappa shape index (κ1) is 11.0. The van der Waals surface area contributed by atoms with Crippen LogP contribution < -0.4 is 0 Å². The molecule has 3 aromatic rings. The van der Waals surface area contributed by atoms with Crippen molar-refractivity contribution in [3.8, 4) is 0 Å². The second-order valence-corrected chi connectivity index (χ2v) is 4.49. The second-order valence-electron chi connectivity index (χ2n) is 4.10. The van der Waals surface area contributed by atoms with Crippen molar-refractivity contribution in [3.63, 3.8) is 0 Å². The average Bonchev–Trinajstić information content (AvgIpc) is 2.66. The summed E-state index contributed by atoms with van der Waals surface area (Å²) in [6.45, 7) is 2.60. The summed E-state index contributed by atoms with van der Waals surface area (Å²) in [5.41, 5.74) is 3.82. The first-order chi connectivity index (χ1) is 8.74. The summed E-state index contributed by atoms with van der Waals surface area (Å²) in [6, 6.07) is 3.91. The highest BCUT2D eigenvalue weighted by Crippen LogP contribution is 2.14. The van der Waals surface area contributed by atoms with Crippen molar-refractivity contribution < 1.29 is 0 Å². The van der Waals surface area contributed by atoms with Gasteiger partial charge in [0.15, 0.2) is 10.4 Å². The number of nitrogens with one attached hydrogen (secondary N) is 1. The summed E-state index contributed by atoms with van der Waals surface area (Å²) in [4.78, 5) is 15.7. The Morgan fingerprint density at radius 2 is 2.28 bits per heavy atom. The summed E-state index contributed by atoms with van der Waals surface area (Å²) in [6.07, 6.45) is 5.09. The molecule has 0 unspecified atom stereocenters. The molecule has 3 heterocycles. The van der Waals surface area contributed by atoms with Crippen LogP contribution in [0.3, 0.4) is 0 Å². The molecule has 3 aromatic heterocycles. The van der Waals surface area contributed by atoms with Gasteiger partial charge in [0.2, 0.25) is 0 Å². The Hall–Kier alpha value is -2.08. The smallest absolute Gasteiger partial charge is 0.179 e. The van der Waals surface area contributed by atoms with Crippen molar-refractivity contribution in [1.29, 1.82) is 0 Å². The first-order valence-electron chi connectivity index (χ1n) is 5.54. The van der Waals surface area contributed by atoms with Crippen LogP contribution in [0.5, 0.6) is 0 Å². The molecule has 0 atom stereocenters. The van der Waals surface area contributed by atoms with Gasteiger partial charge in [-0.1, -0.05) is 0 Å². The van der Waals surface area contributed by atoms with Crippen LogP contribution in [0.4, 0.5) is 0 Å². The minimum Gasteiger partial charge on any atom is -0.329 e. The van der Waals surface area contributed by atoms with Crippen molar-refractivity contribution >= 4 is 23.4 Å². The molecule has 0 spiro atoms. The molecule has 0 fully saturated rings. The molecular weight excluding hydrogens is 246 g/mol. The van der Waals surface area contributed by atoms with E-state index in [0.717, 1.165) is 22.4 Å². The van der Waals surface area contributed by atoms with Gasteiger partial charge in [0, 0.05) is 12.4 Å². The third-order valence-corrected chi connectivity index (χ3v) is 3.03. The van der Waals surface area contributed by atoms with E-state index in [2.05, 4.69) is 19.9 Å². The number of fused-ring (bicyclic) bond motifs is 1. The number of aryl methyl sites for hydroxylation is 1. The van der Waals surface area contributed by atoms with Crippen LogP contribution in [-0.4, -0.2) is 24.5 Å². The fourth-order valence-corrected chi connectivity index (χ4v) is 2.13. The van der Waals surface area contributed by atoms with Crippen molar-refractivity contribution in [3.05, 3.63) is 46.9 Å². The molecule has 0 bridgehead atoms. The number of rotatable bonds is 2. The minimum atomic E-state index is 0.595. The van der Waals surface area contributed by atoms with E-state index < -0.39 is 0 Å². The minimum absolute atomic E-state index is 0.595. The van der Waals surface area contributed by atoms with Gasteiger partial charge < -0.3 is 4.98 Å². The van der Waals surface area contributed by atoms with Crippen LogP contribution in [0, 0.1) is 11.7 Å². The number of H-pyrrole nitrogens is 1. The SMILES string of the molecule is Cc1cnc2c(c1)[nH]c(=S)n2Cc1ccncn1. The van der Waals surface area contributed by atoms with Gasteiger partial charge in [-0.15, -0.1) is 0 Å². The number of aromatic nitrogens is 5. The molecule has 3 rings (SSSR count). The lowest BCUT2D eigenvalue weighted by Gasteiger charge is -2.02. The number of nitrogens with zero attached hydrogens (tertiary/aromatic N) is 4. The van der Waals surface area contributed by atoms with Crippen LogP contribution in [-0.2, 0) is 6.54 Å². The number of imidazole rings is 1. The Morgan fingerprint density at radius 3 is 3.06 bits per heavy atom. The number of hydrogen-bond acceptors (Lipinski definition) is 4. The molecule has 0 aromatic carbocycles. The van der Waals surface area contributed by atoms with E-state index >= 15 is 0 Å². The van der Waals surface area contributed by atoms with E-state index in [1.165, 1.54) is 6.33 Å². The highest BCUT2D eigenvalue weighted by molar-refractivity contribution is 7.71. The number of aromatic amines is 1. The molecule has 0 aliphatic carbocycles. The topological polar surface area (TPSA) is 59.4 Å². The Bertz CT molecular complexity index is 744. The maximum absolute atomic E-state index is 5.32. The fourth-order valence-electron chi connectivity index (χ4n) is 1.87.